The van der Waals surface area contributed by atoms with Crippen LogP contribution in [0.25, 0.3) is 0 Å². The third-order valence-electron chi connectivity index (χ3n) is 4.84. The van der Waals surface area contributed by atoms with Gasteiger partial charge in [0.1, 0.15) is 6.04 Å². The lowest BCUT2D eigenvalue weighted by molar-refractivity contribution is 0.0739. The molecule has 0 fully saturated rings. The lowest BCUT2D eigenvalue weighted by Crippen LogP contribution is -2.34. The van der Waals surface area contributed by atoms with Crippen LogP contribution in [0.4, 0.5) is 0 Å². The highest BCUT2D eigenvalue weighted by Gasteiger charge is 2.27. The van der Waals surface area contributed by atoms with Gasteiger partial charge in [0.2, 0.25) is 0 Å². The number of nitrogens with zero attached hydrogens (tertiary/aromatic N) is 1. The summed E-state index contributed by atoms with van der Waals surface area (Å²) in [5, 5.41) is 0. The van der Waals surface area contributed by atoms with Gasteiger partial charge in [-0.15, -0.1) is 6.58 Å². The number of amides is 1. The number of methoxy groups -OCH3 is 2. The predicted molar refractivity (Wildman–Crippen MR) is 131 cm³/mol. The fourth-order valence-electron chi connectivity index (χ4n) is 3.27. The van der Waals surface area contributed by atoms with Crippen molar-refractivity contribution in [1.29, 1.82) is 0 Å². The highest BCUT2D eigenvalue weighted by atomic mass is 79.9. The molecule has 0 spiro atoms. The van der Waals surface area contributed by atoms with Crippen LogP contribution in [0, 0.1) is 11.8 Å². The molecule has 3 rings (SSSR count). The van der Waals surface area contributed by atoms with Gasteiger partial charge in [-0.1, -0.05) is 70.2 Å². The van der Waals surface area contributed by atoms with Crippen molar-refractivity contribution in [2.45, 2.75) is 6.04 Å². The van der Waals surface area contributed by atoms with Gasteiger partial charge in [0.25, 0.3) is 5.91 Å². The van der Waals surface area contributed by atoms with Crippen LogP contribution >= 0.6 is 15.9 Å². The van der Waals surface area contributed by atoms with E-state index < -0.39 is 6.04 Å². The largest absolute Gasteiger partial charge is 0.493 e. The van der Waals surface area contributed by atoms with Gasteiger partial charge in [0, 0.05) is 27.7 Å². The second-order valence-electron chi connectivity index (χ2n) is 6.88. The van der Waals surface area contributed by atoms with Crippen molar-refractivity contribution >= 4 is 21.8 Å². The number of hydrogen-bond acceptors (Lipinski definition) is 3. The number of carbonyl (C=O) groups is 1. The Morgan fingerprint density at radius 2 is 1.62 bits per heavy atom. The van der Waals surface area contributed by atoms with Crippen molar-refractivity contribution in [3.05, 3.63) is 107 Å². The molecule has 0 bridgehead atoms. The normalized spacial score (nSPS) is 11.0. The summed E-state index contributed by atoms with van der Waals surface area (Å²) in [4.78, 5) is 15.2. The molecule has 3 aromatic rings. The average Bonchev–Trinajstić information content (AvgIpc) is 2.84. The summed E-state index contributed by atoms with van der Waals surface area (Å²) < 4.78 is 11.7. The van der Waals surface area contributed by atoms with Crippen LogP contribution in [0.3, 0.4) is 0 Å². The van der Waals surface area contributed by atoms with Gasteiger partial charge in [-0.3, -0.25) is 4.79 Å². The number of rotatable bonds is 7. The first-order valence-electron chi connectivity index (χ1n) is 10.0. The summed E-state index contributed by atoms with van der Waals surface area (Å²) in [5.74, 6) is 7.51. The van der Waals surface area contributed by atoms with E-state index in [0.29, 0.717) is 23.6 Å². The lowest BCUT2D eigenvalue weighted by Gasteiger charge is -2.29. The van der Waals surface area contributed by atoms with Crippen molar-refractivity contribution in [2.75, 3.05) is 20.8 Å². The Balaban J connectivity index is 2.16. The molecule has 0 aliphatic carbocycles. The molecule has 1 atom stereocenters. The van der Waals surface area contributed by atoms with E-state index in [-0.39, 0.29) is 5.91 Å². The maximum absolute atomic E-state index is 13.5. The number of carbonyl (C=O) groups excluding carboxylic acids is 1. The Morgan fingerprint density at radius 3 is 2.22 bits per heavy atom. The first-order valence-corrected chi connectivity index (χ1v) is 10.8. The van der Waals surface area contributed by atoms with Crippen molar-refractivity contribution in [3.8, 4) is 23.3 Å². The monoisotopic (exact) mass is 489 g/mol. The number of halogens is 1. The number of hydrogen-bond donors (Lipinski definition) is 0. The van der Waals surface area contributed by atoms with E-state index in [1.807, 2.05) is 60.7 Å². The Bertz CT molecular complexity index is 1130. The summed E-state index contributed by atoms with van der Waals surface area (Å²) >= 11 is 3.64. The fraction of sp³-hybridized carbons (Fsp3) is 0.148. The van der Waals surface area contributed by atoms with Crippen LogP contribution in [0.1, 0.15) is 27.5 Å². The molecule has 0 N–H and O–H groups in total. The topological polar surface area (TPSA) is 38.8 Å². The van der Waals surface area contributed by atoms with E-state index in [2.05, 4.69) is 34.3 Å². The van der Waals surface area contributed by atoms with Crippen molar-refractivity contribution in [1.82, 2.24) is 4.90 Å². The van der Waals surface area contributed by atoms with Crippen LogP contribution in [0.5, 0.6) is 11.5 Å². The van der Waals surface area contributed by atoms with Crippen molar-refractivity contribution in [2.24, 2.45) is 0 Å². The third-order valence-corrected chi connectivity index (χ3v) is 5.53. The molecule has 0 aliphatic heterocycles. The Hall–Kier alpha value is -3.49. The molecule has 0 saturated heterocycles. The zero-order valence-corrected chi connectivity index (χ0v) is 19.6. The molecule has 0 heterocycles. The Morgan fingerprint density at radius 1 is 1.03 bits per heavy atom. The summed E-state index contributed by atoms with van der Waals surface area (Å²) in [6, 6.07) is 21.9. The molecule has 1 amide bonds. The van der Waals surface area contributed by atoms with E-state index >= 15 is 0 Å². The highest BCUT2D eigenvalue weighted by Crippen LogP contribution is 2.38. The van der Waals surface area contributed by atoms with Gasteiger partial charge in [-0.2, -0.15) is 0 Å². The molecule has 1 unspecified atom stereocenters. The summed E-state index contributed by atoms with van der Waals surface area (Å²) in [6.07, 6.45) is 1.70. The zero-order chi connectivity index (χ0) is 22.9. The van der Waals surface area contributed by atoms with Gasteiger partial charge in [0.05, 0.1) is 14.2 Å². The first-order chi connectivity index (χ1) is 15.6. The minimum absolute atomic E-state index is 0.139. The van der Waals surface area contributed by atoms with Gasteiger partial charge in [-0.05, 0) is 36.4 Å². The van der Waals surface area contributed by atoms with Crippen LogP contribution in [0.2, 0.25) is 0 Å². The second kappa shape index (κ2) is 11.2. The van der Waals surface area contributed by atoms with E-state index in [1.165, 1.54) is 0 Å². The van der Waals surface area contributed by atoms with Crippen LogP contribution in [0.15, 0.2) is 89.9 Å². The molecule has 5 heteroatoms. The van der Waals surface area contributed by atoms with E-state index in [4.69, 9.17) is 9.47 Å². The second-order valence-corrected chi connectivity index (χ2v) is 7.73. The molecular formula is C27H24BrNO3. The highest BCUT2D eigenvalue weighted by molar-refractivity contribution is 9.10. The smallest absolute Gasteiger partial charge is 0.255 e. The standard InChI is InChI=1S/C27H24BrNO3/c1-4-17-29(27(30)21-13-9-6-10-14-21)24(16-15-20-11-7-5-8-12-20)22-18-25(31-2)26(32-3)19-23(22)28/h4-14,18-19,24H,1,17H2,2-3H3. The van der Waals surface area contributed by atoms with Gasteiger partial charge in [-0.25, -0.2) is 0 Å². The molecular weight excluding hydrogens is 466 g/mol. The molecule has 32 heavy (non-hydrogen) atoms. The predicted octanol–water partition coefficient (Wildman–Crippen LogP) is 5.89. The molecule has 0 aliphatic rings. The van der Waals surface area contributed by atoms with Crippen LogP contribution in [-0.4, -0.2) is 31.6 Å². The van der Waals surface area contributed by atoms with E-state index in [0.717, 1.165) is 15.6 Å². The van der Waals surface area contributed by atoms with Crippen molar-refractivity contribution in [3.63, 3.8) is 0 Å². The SMILES string of the molecule is C=CCN(C(=O)c1ccccc1)C(C#Cc1ccccc1)c1cc(OC)c(OC)cc1Br. The Kier molecular flexibility index (Phi) is 8.13. The average molecular weight is 490 g/mol. The summed E-state index contributed by atoms with van der Waals surface area (Å²) in [5.41, 5.74) is 2.23. The van der Waals surface area contributed by atoms with Crippen LogP contribution in [-0.2, 0) is 0 Å². The first kappa shape index (κ1) is 23.2. The van der Waals surface area contributed by atoms with E-state index in [1.54, 1.807) is 37.3 Å². The minimum atomic E-state index is -0.560. The third kappa shape index (κ3) is 5.40. The van der Waals surface area contributed by atoms with Crippen molar-refractivity contribution < 1.29 is 14.3 Å². The van der Waals surface area contributed by atoms with E-state index in [9.17, 15) is 4.79 Å². The molecule has 162 valence electrons. The maximum atomic E-state index is 13.5. The molecule has 0 radical (unpaired) electrons. The summed E-state index contributed by atoms with van der Waals surface area (Å²) in [6.45, 7) is 4.18. The van der Waals surface area contributed by atoms with Gasteiger partial charge >= 0.3 is 0 Å². The summed E-state index contributed by atoms with van der Waals surface area (Å²) in [7, 11) is 3.16. The Labute approximate surface area is 197 Å². The fourth-order valence-corrected chi connectivity index (χ4v) is 3.81. The molecule has 3 aromatic carbocycles. The number of benzene rings is 3. The van der Waals surface area contributed by atoms with Gasteiger partial charge < -0.3 is 14.4 Å². The number of ether oxygens (including phenoxy) is 2. The quantitative estimate of drug-likeness (QED) is 0.306. The zero-order valence-electron chi connectivity index (χ0n) is 18.0. The molecule has 4 nitrogen and oxygen atoms in total. The van der Waals surface area contributed by atoms with Crippen LogP contribution < -0.4 is 9.47 Å². The minimum Gasteiger partial charge on any atom is -0.493 e. The maximum Gasteiger partial charge on any atom is 0.255 e. The van der Waals surface area contributed by atoms with Gasteiger partial charge in [0.15, 0.2) is 11.5 Å². The molecule has 0 saturated carbocycles. The molecule has 0 aromatic heterocycles. The lowest BCUT2D eigenvalue weighted by atomic mass is 10.0.